The Bertz CT molecular complexity index is 2100. The fraction of sp³-hybridized carbons (Fsp3) is 0.592. The molecule has 7 rings (SSSR count). The van der Waals surface area contributed by atoms with Crippen molar-refractivity contribution >= 4 is 35.4 Å². The summed E-state index contributed by atoms with van der Waals surface area (Å²) in [5, 5.41) is 13.9. The van der Waals surface area contributed by atoms with Crippen LogP contribution in [0.2, 0.25) is 0 Å². The molecule has 334 valence electrons. The molecule has 0 unspecified atom stereocenters. The highest BCUT2D eigenvalue weighted by atomic mass is 16.6. The molecule has 1 heterocycles. The Morgan fingerprint density at radius 1 is 0.919 bits per heavy atom. The molecular weight excluding hydrogens is 795 g/mol. The number of ether oxygens (including phenoxy) is 5. The number of Topliss-reactive ketones (excluding diaryl/α,β-unsaturated/α-hetero) is 2. The first-order chi connectivity index (χ1) is 29.4. The van der Waals surface area contributed by atoms with Gasteiger partial charge in [-0.3, -0.25) is 28.8 Å². The predicted octanol–water partition coefficient (Wildman–Crippen LogP) is 5.99. The summed E-state index contributed by atoms with van der Waals surface area (Å²) >= 11 is 0. The summed E-state index contributed by atoms with van der Waals surface area (Å²) < 4.78 is 30.6. The topological polar surface area (TPSA) is 195 Å². The number of hydrogen-bond donors (Lipinski definition) is 2. The number of esters is 4. The van der Waals surface area contributed by atoms with Crippen molar-refractivity contribution < 1.29 is 57.6 Å². The van der Waals surface area contributed by atoms with Crippen molar-refractivity contribution in [3.8, 4) is 0 Å². The minimum atomic E-state index is -1.94. The average Bonchev–Trinajstić information content (AvgIpc) is 3.96. The quantitative estimate of drug-likeness (QED) is 0.0658. The maximum Gasteiger partial charge on any atom is 0.313 e. The predicted molar refractivity (Wildman–Crippen MR) is 225 cm³/mol. The van der Waals surface area contributed by atoms with Gasteiger partial charge < -0.3 is 34.5 Å². The Labute approximate surface area is 363 Å². The molecule has 4 fully saturated rings. The number of carbonyl (C=O) groups excluding carboxylic acids is 6. The highest BCUT2D eigenvalue weighted by Gasteiger charge is 2.83. The number of nitrogens with two attached hydrogens (primary N) is 1. The molecule has 0 radical (unpaired) electrons. The molecule has 1 spiro atoms. The van der Waals surface area contributed by atoms with Gasteiger partial charge in [0, 0.05) is 61.3 Å². The van der Waals surface area contributed by atoms with Gasteiger partial charge in [0.05, 0.1) is 18.1 Å². The second-order valence-electron chi connectivity index (χ2n) is 18.8. The van der Waals surface area contributed by atoms with Crippen LogP contribution in [0.5, 0.6) is 0 Å². The van der Waals surface area contributed by atoms with Gasteiger partial charge in [0.25, 0.3) is 0 Å². The van der Waals surface area contributed by atoms with E-state index in [4.69, 9.17) is 29.4 Å². The smallest absolute Gasteiger partial charge is 0.313 e. The van der Waals surface area contributed by atoms with E-state index in [-0.39, 0.29) is 44.2 Å². The number of rotatable bonds is 16. The standard InChI is InChI=1S/C49H61NO12/c1-28(32-16-10-7-11-17-32)35(26-58-40(54)20-14-9-15-21-50)45(56)61-38-25-49(57)36(23-37(53)33-18-12-8-13-19-33)43-47(24-34(47)22-39-48(43,27-59-39)62-31(4)52)44(55)42(60-30(3)51)41(29(38)2)46(49,5)6/h7-8,10-13,16-19,28,34-36,38-39,42-43,57H,9,14-15,20-27,50H2,1-6H3/t28-,34+,35+,36-,38-,39+,42+,43-,47+,48-,49+/m0/s1. The van der Waals surface area contributed by atoms with Crippen LogP contribution >= 0.6 is 0 Å². The molecular formula is C49H61NO12. The highest BCUT2D eigenvalue weighted by molar-refractivity contribution is 5.99. The third-order valence-corrected chi connectivity index (χ3v) is 15.0. The zero-order valence-corrected chi connectivity index (χ0v) is 36.7. The van der Waals surface area contributed by atoms with Gasteiger partial charge in [0.15, 0.2) is 23.3 Å². The molecule has 1 saturated heterocycles. The van der Waals surface area contributed by atoms with E-state index >= 15 is 4.79 Å². The lowest BCUT2D eigenvalue weighted by molar-refractivity contribution is -0.316. The molecule has 0 aromatic heterocycles. The van der Waals surface area contributed by atoms with Crippen molar-refractivity contribution in [3.05, 3.63) is 82.9 Å². The summed E-state index contributed by atoms with van der Waals surface area (Å²) in [6.45, 7) is 9.79. The number of fused-ring (bicyclic) bond motifs is 4. The number of aliphatic hydroxyl groups is 1. The van der Waals surface area contributed by atoms with Crippen molar-refractivity contribution in [2.24, 2.45) is 40.2 Å². The molecule has 2 aromatic carbocycles. The zero-order valence-electron chi connectivity index (χ0n) is 36.7. The van der Waals surface area contributed by atoms with Crippen molar-refractivity contribution in [2.75, 3.05) is 19.8 Å². The fourth-order valence-electron chi connectivity index (χ4n) is 11.7. The maximum atomic E-state index is 15.6. The van der Waals surface area contributed by atoms with Crippen LogP contribution in [-0.2, 0) is 47.7 Å². The molecule has 11 atom stereocenters. The van der Waals surface area contributed by atoms with Gasteiger partial charge in [-0.25, -0.2) is 0 Å². The monoisotopic (exact) mass is 855 g/mol. The molecule has 5 aliphatic rings. The van der Waals surface area contributed by atoms with Gasteiger partial charge in [-0.2, -0.15) is 0 Å². The van der Waals surface area contributed by atoms with Gasteiger partial charge in [0.1, 0.15) is 18.8 Å². The molecule has 13 heteroatoms. The molecule has 13 nitrogen and oxygen atoms in total. The molecule has 1 aliphatic heterocycles. The normalized spacial score (nSPS) is 32.5. The van der Waals surface area contributed by atoms with Crippen LogP contribution in [0.25, 0.3) is 0 Å². The highest BCUT2D eigenvalue weighted by Crippen LogP contribution is 2.76. The van der Waals surface area contributed by atoms with E-state index in [0.29, 0.717) is 42.5 Å². The van der Waals surface area contributed by atoms with Crippen LogP contribution in [0.15, 0.2) is 71.8 Å². The van der Waals surface area contributed by atoms with Crippen molar-refractivity contribution in [2.45, 2.75) is 128 Å². The summed E-state index contributed by atoms with van der Waals surface area (Å²) in [7, 11) is 0. The third-order valence-electron chi connectivity index (χ3n) is 15.0. The van der Waals surface area contributed by atoms with Crippen LogP contribution in [-0.4, -0.2) is 89.8 Å². The van der Waals surface area contributed by atoms with Crippen LogP contribution in [0.4, 0.5) is 0 Å². The van der Waals surface area contributed by atoms with E-state index in [1.807, 2.05) is 37.3 Å². The average molecular weight is 856 g/mol. The van der Waals surface area contributed by atoms with E-state index in [0.717, 1.165) is 18.4 Å². The van der Waals surface area contributed by atoms with E-state index in [9.17, 15) is 29.1 Å². The first kappa shape index (κ1) is 45.3. The number of benzene rings is 2. The summed E-state index contributed by atoms with van der Waals surface area (Å²) in [6.07, 6.45) is -0.662. The maximum absolute atomic E-state index is 15.6. The number of carbonyl (C=O) groups is 6. The molecule has 3 N–H and O–H groups in total. The van der Waals surface area contributed by atoms with Gasteiger partial charge in [-0.15, -0.1) is 0 Å². The van der Waals surface area contributed by atoms with Crippen LogP contribution in [0.1, 0.15) is 115 Å². The van der Waals surface area contributed by atoms with Crippen molar-refractivity contribution in [1.29, 1.82) is 0 Å². The Balaban J connectivity index is 1.35. The molecule has 62 heavy (non-hydrogen) atoms. The lowest BCUT2D eigenvalue weighted by atomic mass is 9.45. The van der Waals surface area contributed by atoms with Gasteiger partial charge in [-0.1, -0.05) is 87.9 Å². The minimum absolute atomic E-state index is 0.0562. The third kappa shape index (κ3) is 7.82. The Morgan fingerprint density at radius 2 is 1.60 bits per heavy atom. The lowest BCUT2D eigenvalue weighted by Gasteiger charge is -2.65. The minimum Gasteiger partial charge on any atom is -0.465 e. The summed E-state index contributed by atoms with van der Waals surface area (Å²) in [6, 6.07) is 18.0. The van der Waals surface area contributed by atoms with Gasteiger partial charge in [0.2, 0.25) is 0 Å². The second-order valence-corrected chi connectivity index (χ2v) is 18.8. The zero-order chi connectivity index (χ0) is 44.8. The van der Waals surface area contributed by atoms with Gasteiger partial charge >= 0.3 is 23.9 Å². The lowest BCUT2D eigenvalue weighted by Crippen LogP contribution is -2.76. The van der Waals surface area contributed by atoms with E-state index < -0.39 is 93.7 Å². The SMILES string of the molecule is CC(=O)O[C@H]1C(=O)[C@]23C[C@H]2C[C@H]2OC[C@@]2(OC(C)=O)[C@H]3[C@H](CC(=O)c2ccccc2)[C@]2(O)C[C@H](OC(=O)[C@H](COC(=O)CCCCCN)[C@@H](C)c3ccccc3)C(C)=C1C2(C)C. The number of unbranched alkanes of at least 4 members (excludes halogenated alkanes) is 2. The summed E-state index contributed by atoms with van der Waals surface area (Å²) in [5.41, 5.74) is 1.63. The summed E-state index contributed by atoms with van der Waals surface area (Å²) in [5.74, 6) is -6.87. The van der Waals surface area contributed by atoms with Crippen molar-refractivity contribution in [1.82, 2.24) is 0 Å². The van der Waals surface area contributed by atoms with E-state index in [1.165, 1.54) is 13.8 Å². The number of ketones is 2. The second kappa shape index (κ2) is 17.4. The summed E-state index contributed by atoms with van der Waals surface area (Å²) in [4.78, 5) is 83.9. The molecule has 0 amide bonds. The van der Waals surface area contributed by atoms with Crippen LogP contribution < -0.4 is 5.73 Å². The molecule has 2 bridgehead atoms. The first-order valence-electron chi connectivity index (χ1n) is 22.1. The van der Waals surface area contributed by atoms with Crippen molar-refractivity contribution in [3.63, 3.8) is 0 Å². The fourth-order valence-corrected chi connectivity index (χ4v) is 11.7. The molecule has 3 saturated carbocycles. The van der Waals surface area contributed by atoms with Crippen LogP contribution in [0.3, 0.4) is 0 Å². The Hall–Kier alpha value is -4.72. The Kier molecular flexibility index (Phi) is 12.8. The van der Waals surface area contributed by atoms with E-state index in [2.05, 4.69) is 0 Å². The van der Waals surface area contributed by atoms with Crippen LogP contribution in [0, 0.1) is 34.5 Å². The largest absolute Gasteiger partial charge is 0.465 e. The molecule has 2 aromatic rings. The number of hydrogen-bond acceptors (Lipinski definition) is 13. The molecule has 4 aliphatic carbocycles. The van der Waals surface area contributed by atoms with E-state index in [1.54, 1.807) is 51.1 Å². The Morgan fingerprint density at radius 3 is 2.21 bits per heavy atom. The van der Waals surface area contributed by atoms with Gasteiger partial charge in [-0.05, 0) is 67.7 Å². The first-order valence-corrected chi connectivity index (χ1v) is 22.1.